The molecule has 26 heavy (non-hydrogen) atoms. The van der Waals surface area contributed by atoms with Gasteiger partial charge in [0.25, 0.3) is 0 Å². The van der Waals surface area contributed by atoms with Crippen molar-refractivity contribution in [1.29, 1.82) is 0 Å². The zero-order valence-electron chi connectivity index (χ0n) is 13.8. The molecule has 0 radical (unpaired) electrons. The van der Waals surface area contributed by atoms with Gasteiger partial charge in [-0.2, -0.15) is 0 Å². The standard InChI is InChI=1S/C19H14N2O4S/c1-2-13-17(18(23)24)21-14-8-7-12(9-16(14)26-19(21)20-13)25-15-6-4-3-5-11(15)10-22/h3-10H,2H2,1H3,(H,23,24). The number of nitrogens with zero attached hydrogens (tertiary/aromatic N) is 2. The van der Waals surface area contributed by atoms with Gasteiger partial charge in [-0.05, 0) is 30.7 Å². The number of aldehydes is 1. The average Bonchev–Trinajstić information content (AvgIpc) is 3.16. The van der Waals surface area contributed by atoms with Gasteiger partial charge >= 0.3 is 5.97 Å². The molecule has 0 amide bonds. The fourth-order valence-electron chi connectivity index (χ4n) is 2.92. The Morgan fingerprint density at radius 2 is 2.12 bits per heavy atom. The van der Waals surface area contributed by atoms with Crippen LogP contribution in [0.5, 0.6) is 11.5 Å². The topological polar surface area (TPSA) is 80.9 Å². The predicted octanol–water partition coefficient (Wildman–Crippen LogP) is 4.41. The number of benzene rings is 2. The van der Waals surface area contributed by atoms with E-state index in [2.05, 4.69) is 4.98 Å². The summed E-state index contributed by atoms with van der Waals surface area (Å²) in [7, 11) is 0. The SMILES string of the molecule is CCc1nc2sc3cc(Oc4ccccc4C=O)ccc3n2c1C(=O)O. The molecule has 2 aromatic heterocycles. The number of rotatable bonds is 5. The van der Waals surface area contributed by atoms with Crippen LogP contribution in [0, 0.1) is 0 Å². The number of carbonyl (C=O) groups excluding carboxylic acids is 1. The summed E-state index contributed by atoms with van der Waals surface area (Å²) in [5.41, 5.74) is 2.01. The van der Waals surface area contributed by atoms with Crippen LogP contribution in [0.3, 0.4) is 0 Å². The van der Waals surface area contributed by atoms with Gasteiger partial charge in [0.05, 0.1) is 21.5 Å². The molecule has 0 spiro atoms. The van der Waals surface area contributed by atoms with Crippen LogP contribution in [0.4, 0.5) is 0 Å². The largest absolute Gasteiger partial charge is 0.477 e. The van der Waals surface area contributed by atoms with E-state index in [1.165, 1.54) is 11.3 Å². The van der Waals surface area contributed by atoms with Gasteiger partial charge in [0.1, 0.15) is 11.5 Å². The molecule has 2 heterocycles. The summed E-state index contributed by atoms with van der Waals surface area (Å²) < 4.78 is 8.36. The van der Waals surface area contributed by atoms with E-state index in [4.69, 9.17) is 4.74 Å². The Morgan fingerprint density at radius 1 is 1.31 bits per heavy atom. The number of imidazole rings is 1. The summed E-state index contributed by atoms with van der Waals surface area (Å²) in [6, 6.07) is 12.4. The third-order valence-electron chi connectivity index (χ3n) is 4.10. The van der Waals surface area contributed by atoms with Crippen molar-refractivity contribution in [2.24, 2.45) is 0 Å². The van der Waals surface area contributed by atoms with E-state index in [-0.39, 0.29) is 5.69 Å². The summed E-state index contributed by atoms with van der Waals surface area (Å²) in [4.78, 5) is 27.9. The van der Waals surface area contributed by atoms with Crippen molar-refractivity contribution in [3.8, 4) is 11.5 Å². The highest BCUT2D eigenvalue weighted by atomic mass is 32.1. The summed E-state index contributed by atoms with van der Waals surface area (Å²) in [5.74, 6) is 0.0563. The zero-order chi connectivity index (χ0) is 18.3. The van der Waals surface area contributed by atoms with E-state index in [1.807, 2.05) is 19.1 Å². The van der Waals surface area contributed by atoms with Gasteiger partial charge in [0.2, 0.25) is 0 Å². The van der Waals surface area contributed by atoms with Gasteiger partial charge in [0, 0.05) is 6.07 Å². The van der Waals surface area contributed by atoms with Crippen LogP contribution in [-0.2, 0) is 6.42 Å². The normalized spacial score (nSPS) is 11.1. The number of fused-ring (bicyclic) bond motifs is 3. The van der Waals surface area contributed by atoms with Gasteiger partial charge in [-0.3, -0.25) is 9.20 Å². The number of ether oxygens (including phenoxy) is 1. The summed E-state index contributed by atoms with van der Waals surface area (Å²) >= 11 is 1.40. The summed E-state index contributed by atoms with van der Waals surface area (Å²) in [5, 5.41) is 9.55. The van der Waals surface area contributed by atoms with Crippen LogP contribution in [0.2, 0.25) is 0 Å². The highest BCUT2D eigenvalue weighted by molar-refractivity contribution is 7.23. The van der Waals surface area contributed by atoms with Crippen LogP contribution in [0.15, 0.2) is 42.5 Å². The molecule has 0 aliphatic heterocycles. The first-order chi connectivity index (χ1) is 12.6. The van der Waals surface area contributed by atoms with E-state index >= 15 is 0 Å². The zero-order valence-corrected chi connectivity index (χ0v) is 14.6. The molecular weight excluding hydrogens is 352 g/mol. The lowest BCUT2D eigenvalue weighted by molar-refractivity contribution is 0.0688. The Kier molecular flexibility index (Phi) is 3.93. The minimum absolute atomic E-state index is 0.203. The van der Waals surface area contributed by atoms with E-state index in [0.29, 0.717) is 34.1 Å². The first kappa shape index (κ1) is 16.3. The molecule has 0 unspecified atom stereocenters. The summed E-state index contributed by atoms with van der Waals surface area (Å²) in [6.07, 6.45) is 1.31. The van der Waals surface area contributed by atoms with Crippen LogP contribution in [0.25, 0.3) is 15.2 Å². The number of aromatic nitrogens is 2. The maximum Gasteiger partial charge on any atom is 0.354 e. The number of carboxylic acid groups (broad SMARTS) is 1. The highest BCUT2D eigenvalue weighted by Gasteiger charge is 2.21. The first-order valence-electron chi connectivity index (χ1n) is 8.01. The minimum Gasteiger partial charge on any atom is -0.477 e. The van der Waals surface area contributed by atoms with E-state index < -0.39 is 5.97 Å². The van der Waals surface area contributed by atoms with Crippen LogP contribution >= 0.6 is 11.3 Å². The Balaban J connectivity index is 1.82. The second-order valence-corrected chi connectivity index (χ2v) is 6.68. The number of hydrogen-bond acceptors (Lipinski definition) is 5. The fourth-order valence-corrected chi connectivity index (χ4v) is 3.99. The van der Waals surface area contributed by atoms with Crippen molar-refractivity contribution in [2.75, 3.05) is 0 Å². The molecule has 0 aliphatic carbocycles. The molecular formula is C19H14N2O4S. The van der Waals surface area contributed by atoms with Crippen molar-refractivity contribution in [2.45, 2.75) is 13.3 Å². The van der Waals surface area contributed by atoms with Crippen molar-refractivity contribution in [1.82, 2.24) is 9.38 Å². The lowest BCUT2D eigenvalue weighted by atomic mass is 10.2. The maximum absolute atomic E-state index is 11.7. The molecule has 0 saturated carbocycles. The third kappa shape index (κ3) is 2.53. The smallest absolute Gasteiger partial charge is 0.354 e. The number of aryl methyl sites for hydroxylation is 1. The monoisotopic (exact) mass is 366 g/mol. The van der Waals surface area contributed by atoms with Crippen LogP contribution < -0.4 is 4.74 Å². The number of hydrogen-bond donors (Lipinski definition) is 1. The molecule has 0 saturated heterocycles. The van der Waals surface area contributed by atoms with Crippen molar-refractivity contribution < 1.29 is 19.4 Å². The minimum atomic E-state index is -0.991. The quantitative estimate of drug-likeness (QED) is 0.529. The second-order valence-electron chi connectivity index (χ2n) is 5.67. The molecule has 0 bridgehead atoms. The molecule has 1 N–H and O–H groups in total. The predicted molar refractivity (Wildman–Crippen MR) is 98.8 cm³/mol. The van der Waals surface area contributed by atoms with E-state index in [9.17, 15) is 14.7 Å². The molecule has 7 heteroatoms. The second kappa shape index (κ2) is 6.27. The number of para-hydroxylation sites is 1. The molecule has 0 fully saturated rings. The van der Waals surface area contributed by atoms with Crippen molar-refractivity contribution in [3.05, 3.63) is 59.4 Å². The Morgan fingerprint density at radius 3 is 2.85 bits per heavy atom. The number of aromatic carboxylic acids is 1. The van der Waals surface area contributed by atoms with Crippen molar-refractivity contribution in [3.63, 3.8) is 0 Å². The number of carbonyl (C=O) groups is 2. The van der Waals surface area contributed by atoms with E-state index in [1.54, 1.807) is 34.7 Å². The van der Waals surface area contributed by atoms with Crippen LogP contribution in [0.1, 0.15) is 33.5 Å². The van der Waals surface area contributed by atoms with Gasteiger partial charge in [-0.15, -0.1) is 0 Å². The lowest BCUT2D eigenvalue weighted by Crippen LogP contribution is -2.04. The molecule has 4 aromatic rings. The highest BCUT2D eigenvalue weighted by Crippen LogP contribution is 2.33. The van der Waals surface area contributed by atoms with Crippen LogP contribution in [-0.4, -0.2) is 26.7 Å². The third-order valence-corrected chi connectivity index (χ3v) is 5.11. The van der Waals surface area contributed by atoms with Gasteiger partial charge in [-0.1, -0.05) is 30.4 Å². The molecule has 6 nitrogen and oxygen atoms in total. The Bertz CT molecular complexity index is 1160. The Hall–Kier alpha value is -3.19. The van der Waals surface area contributed by atoms with Gasteiger partial charge in [0.15, 0.2) is 16.9 Å². The van der Waals surface area contributed by atoms with Gasteiger partial charge in [-0.25, -0.2) is 9.78 Å². The number of carboxylic acids is 1. The van der Waals surface area contributed by atoms with Gasteiger partial charge < -0.3 is 9.84 Å². The molecule has 130 valence electrons. The fraction of sp³-hybridized carbons (Fsp3) is 0.105. The van der Waals surface area contributed by atoms with Crippen molar-refractivity contribution >= 4 is 38.8 Å². The number of thiazole rings is 1. The molecule has 0 atom stereocenters. The van der Waals surface area contributed by atoms with E-state index in [0.717, 1.165) is 16.5 Å². The molecule has 0 aliphatic rings. The first-order valence-corrected chi connectivity index (χ1v) is 8.83. The average molecular weight is 366 g/mol. The molecule has 4 rings (SSSR count). The Labute approximate surface area is 152 Å². The molecule has 2 aromatic carbocycles. The summed E-state index contributed by atoms with van der Waals surface area (Å²) in [6.45, 7) is 1.89. The lowest BCUT2D eigenvalue weighted by Gasteiger charge is -2.07. The maximum atomic E-state index is 11.7.